The summed E-state index contributed by atoms with van der Waals surface area (Å²) in [7, 11) is 0. The molecule has 2 aromatic rings. The fourth-order valence-electron chi connectivity index (χ4n) is 2.54. The molecule has 2 amide bonds. The number of nitrogens with zero attached hydrogens (tertiary/aromatic N) is 2. The van der Waals surface area contributed by atoms with E-state index in [-0.39, 0.29) is 23.7 Å². The SMILES string of the molecule is CC(C)(C)CCOC(C)(C)CC(=O)NCCNC(=O)c1ccc2nonc2c1. The topological polar surface area (TPSA) is 106 Å². The molecule has 0 aliphatic rings. The maximum atomic E-state index is 12.2. The molecule has 1 aromatic heterocycles. The van der Waals surface area contributed by atoms with Gasteiger partial charge in [-0.15, -0.1) is 0 Å². The van der Waals surface area contributed by atoms with Crippen molar-refractivity contribution in [3.8, 4) is 0 Å². The lowest BCUT2D eigenvalue weighted by Crippen LogP contribution is -2.38. The summed E-state index contributed by atoms with van der Waals surface area (Å²) in [5.74, 6) is -0.352. The van der Waals surface area contributed by atoms with Crippen LogP contribution in [0, 0.1) is 5.41 Å². The Hall–Kier alpha value is -2.48. The van der Waals surface area contributed by atoms with Gasteiger partial charge in [0.05, 0.1) is 12.0 Å². The Morgan fingerprint density at radius 1 is 1.04 bits per heavy atom. The molecule has 0 unspecified atom stereocenters. The van der Waals surface area contributed by atoms with Crippen LogP contribution in [-0.4, -0.2) is 47.4 Å². The Morgan fingerprint density at radius 2 is 1.71 bits per heavy atom. The quantitative estimate of drug-likeness (QED) is 0.638. The Bertz CT molecular complexity index is 808. The summed E-state index contributed by atoms with van der Waals surface area (Å²) in [5.41, 5.74) is 1.25. The van der Waals surface area contributed by atoms with Gasteiger partial charge in [-0.1, -0.05) is 20.8 Å². The van der Waals surface area contributed by atoms with Crippen molar-refractivity contribution in [3.05, 3.63) is 23.8 Å². The molecule has 2 rings (SSSR count). The van der Waals surface area contributed by atoms with E-state index in [9.17, 15) is 9.59 Å². The molecular formula is C20H30N4O4. The van der Waals surface area contributed by atoms with Gasteiger partial charge in [0.25, 0.3) is 5.91 Å². The number of benzene rings is 1. The summed E-state index contributed by atoms with van der Waals surface area (Å²) in [6, 6.07) is 4.93. The third-order valence-corrected chi connectivity index (χ3v) is 4.18. The van der Waals surface area contributed by atoms with E-state index < -0.39 is 5.60 Å². The maximum absolute atomic E-state index is 12.2. The van der Waals surface area contributed by atoms with Crippen LogP contribution >= 0.6 is 0 Å². The zero-order chi connectivity index (χ0) is 20.8. The number of hydrogen-bond donors (Lipinski definition) is 2. The van der Waals surface area contributed by atoms with Crippen molar-refractivity contribution in [1.82, 2.24) is 20.9 Å². The van der Waals surface area contributed by atoms with Gasteiger partial charge < -0.3 is 15.4 Å². The van der Waals surface area contributed by atoms with Crippen molar-refractivity contribution >= 4 is 22.8 Å². The van der Waals surface area contributed by atoms with E-state index in [4.69, 9.17) is 4.74 Å². The summed E-state index contributed by atoms with van der Waals surface area (Å²) in [5, 5.41) is 13.0. The molecule has 2 N–H and O–H groups in total. The molecule has 1 aromatic carbocycles. The van der Waals surface area contributed by atoms with E-state index in [0.29, 0.717) is 36.3 Å². The van der Waals surface area contributed by atoms with Gasteiger partial charge in [0.15, 0.2) is 0 Å². The second kappa shape index (κ2) is 9.14. The van der Waals surface area contributed by atoms with Crippen molar-refractivity contribution in [1.29, 1.82) is 0 Å². The molecule has 0 aliphatic carbocycles. The minimum Gasteiger partial charge on any atom is -0.375 e. The first kappa shape index (κ1) is 21.8. The number of ether oxygens (including phenoxy) is 1. The molecule has 0 bridgehead atoms. The lowest BCUT2D eigenvalue weighted by molar-refractivity contribution is -0.127. The third kappa shape index (κ3) is 7.26. The number of hydrogen-bond acceptors (Lipinski definition) is 6. The second-order valence-electron chi connectivity index (χ2n) is 8.67. The Morgan fingerprint density at radius 3 is 2.43 bits per heavy atom. The van der Waals surface area contributed by atoms with Gasteiger partial charge in [-0.3, -0.25) is 9.59 Å². The molecule has 8 heteroatoms. The normalized spacial score (nSPS) is 12.2. The molecule has 0 atom stereocenters. The number of amides is 2. The molecule has 28 heavy (non-hydrogen) atoms. The highest BCUT2D eigenvalue weighted by Crippen LogP contribution is 2.21. The lowest BCUT2D eigenvalue weighted by Gasteiger charge is -2.27. The van der Waals surface area contributed by atoms with E-state index in [1.165, 1.54) is 0 Å². The highest BCUT2D eigenvalue weighted by molar-refractivity contribution is 5.97. The summed E-state index contributed by atoms with van der Waals surface area (Å²) in [6.07, 6.45) is 1.20. The molecule has 0 aliphatic heterocycles. The summed E-state index contributed by atoms with van der Waals surface area (Å²) < 4.78 is 10.5. The van der Waals surface area contributed by atoms with Crippen molar-refractivity contribution in [2.45, 2.75) is 53.1 Å². The predicted octanol–water partition coefficient (Wildman–Crippen LogP) is 2.69. The van der Waals surface area contributed by atoms with Crippen LogP contribution < -0.4 is 10.6 Å². The van der Waals surface area contributed by atoms with E-state index in [2.05, 4.69) is 46.3 Å². The zero-order valence-electron chi connectivity index (χ0n) is 17.3. The number of nitrogens with one attached hydrogen (secondary N) is 2. The van der Waals surface area contributed by atoms with Crippen LogP contribution in [0.15, 0.2) is 22.8 Å². The average Bonchev–Trinajstić information content (AvgIpc) is 3.04. The number of rotatable bonds is 9. The van der Waals surface area contributed by atoms with Crippen LogP contribution in [0.3, 0.4) is 0 Å². The summed E-state index contributed by atoms with van der Waals surface area (Å²) >= 11 is 0. The van der Waals surface area contributed by atoms with Gasteiger partial charge in [-0.25, -0.2) is 4.63 Å². The largest absolute Gasteiger partial charge is 0.375 e. The Labute approximate surface area is 165 Å². The first-order valence-electron chi connectivity index (χ1n) is 9.47. The second-order valence-corrected chi connectivity index (χ2v) is 8.67. The van der Waals surface area contributed by atoms with Crippen molar-refractivity contribution < 1.29 is 19.0 Å². The standard InChI is InChI=1S/C20H30N4O4/c1-19(2,3)8-11-27-20(4,5)13-17(25)21-9-10-22-18(26)14-6-7-15-16(12-14)24-28-23-15/h6-7,12H,8-11,13H2,1-5H3,(H,21,25)(H,22,26). The van der Waals surface area contributed by atoms with E-state index in [1.807, 2.05) is 13.8 Å². The molecule has 0 spiro atoms. The van der Waals surface area contributed by atoms with E-state index >= 15 is 0 Å². The number of fused-ring (bicyclic) bond motifs is 1. The van der Waals surface area contributed by atoms with Crippen LogP contribution in [0.4, 0.5) is 0 Å². The van der Waals surface area contributed by atoms with E-state index in [1.54, 1.807) is 18.2 Å². The van der Waals surface area contributed by atoms with Gasteiger partial charge in [0, 0.05) is 25.3 Å². The van der Waals surface area contributed by atoms with Crippen molar-refractivity contribution in [2.24, 2.45) is 5.41 Å². The number of carbonyl (C=O) groups is 2. The smallest absolute Gasteiger partial charge is 0.251 e. The predicted molar refractivity (Wildman–Crippen MR) is 106 cm³/mol. The third-order valence-electron chi connectivity index (χ3n) is 4.18. The van der Waals surface area contributed by atoms with Crippen molar-refractivity contribution in [2.75, 3.05) is 19.7 Å². The minimum absolute atomic E-state index is 0.106. The average molecular weight is 390 g/mol. The molecule has 0 saturated carbocycles. The van der Waals surface area contributed by atoms with Crippen LogP contribution in [0.1, 0.15) is 57.8 Å². The zero-order valence-corrected chi connectivity index (χ0v) is 17.3. The molecule has 0 fully saturated rings. The van der Waals surface area contributed by atoms with Crippen LogP contribution in [-0.2, 0) is 9.53 Å². The monoisotopic (exact) mass is 390 g/mol. The molecular weight excluding hydrogens is 360 g/mol. The number of carbonyl (C=O) groups excluding carboxylic acids is 2. The fraction of sp³-hybridized carbons (Fsp3) is 0.600. The summed E-state index contributed by atoms with van der Waals surface area (Å²) in [6.45, 7) is 11.6. The van der Waals surface area contributed by atoms with Gasteiger partial charge in [0.1, 0.15) is 11.0 Å². The lowest BCUT2D eigenvalue weighted by atomic mass is 9.93. The van der Waals surface area contributed by atoms with Crippen LogP contribution in [0.2, 0.25) is 0 Å². The molecule has 0 radical (unpaired) electrons. The van der Waals surface area contributed by atoms with Crippen molar-refractivity contribution in [3.63, 3.8) is 0 Å². The highest BCUT2D eigenvalue weighted by atomic mass is 16.6. The van der Waals surface area contributed by atoms with E-state index in [0.717, 1.165) is 6.42 Å². The first-order valence-corrected chi connectivity index (χ1v) is 9.47. The molecule has 1 heterocycles. The maximum Gasteiger partial charge on any atom is 0.251 e. The first-order chi connectivity index (χ1) is 13.1. The van der Waals surface area contributed by atoms with Crippen LogP contribution in [0.5, 0.6) is 0 Å². The highest BCUT2D eigenvalue weighted by Gasteiger charge is 2.23. The van der Waals surface area contributed by atoms with Gasteiger partial charge in [0.2, 0.25) is 5.91 Å². The van der Waals surface area contributed by atoms with Gasteiger partial charge >= 0.3 is 0 Å². The summed E-state index contributed by atoms with van der Waals surface area (Å²) in [4.78, 5) is 24.3. The minimum atomic E-state index is -0.528. The van der Waals surface area contributed by atoms with Gasteiger partial charge in [-0.2, -0.15) is 0 Å². The Balaban J connectivity index is 1.67. The van der Waals surface area contributed by atoms with Gasteiger partial charge in [-0.05, 0) is 54.2 Å². The molecule has 0 saturated heterocycles. The number of aromatic nitrogens is 2. The fourth-order valence-corrected chi connectivity index (χ4v) is 2.54. The molecule has 8 nitrogen and oxygen atoms in total. The molecule has 154 valence electrons. The van der Waals surface area contributed by atoms with Crippen LogP contribution in [0.25, 0.3) is 11.0 Å². The Kier molecular flexibility index (Phi) is 7.12.